The first kappa shape index (κ1) is 38.5. The third-order valence-electron chi connectivity index (χ3n) is 14.9. The molecule has 0 saturated heterocycles. The standard InChI is InChI=1S/C63H51N/c1-62(2)56-26-11-7-22-51(56)54-24-17-25-55(61(54)62)53-23-10-14-29-60(53)64(48-38-39-52-50-21-8-12-27-57(50)63(58(52)42-48)40-15-4-16-41-63)59-28-13-9-20-49(59)47-36-34-46(35-37-47)45-32-30-44(31-33-45)43-18-5-3-6-19-43/h3,5-14,17-39,42H,4,15-16,40-41H2,1-2H3. The van der Waals surface area contributed by atoms with Crippen LogP contribution in [0.15, 0.2) is 212 Å². The van der Waals surface area contributed by atoms with Crippen LogP contribution in [-0.4, -0.2) is 0 Å². The van der Waals surface area contributed by atoms with E-state index in [1.54, 1.807) is 0 Å². The molecule has 1 saturated carbocycles. The molecule has 1 spiro atoms. The van der Waals surface area contributed by atoms with Crippen molar-refractivity contribution in [2.75, 3.05) is 4.90 Å². The SMILES string of the molecule is CC1(C)c2ccccc2-c2cccc(-c3ccccc3N(c3ccc4c(c3)C3(CCCCC3)c3ccccc3-4)c3ccccc3-c3ccc(-c4ccc(-c5ccccc5)cc4)cc3)c21. The molecule has 0 amide bonds. The highest BCUT2D eigenvalue weighted by molar-refractivity contribution is 5.98. The van der Waals surface area contributed by atoms with E-state index in [2.05, 4.69) is 231 Å². The van der Waals surface area contributed by atoms with E-state index < -0.39 is 0 Å². The lowest BCUT2D eigenvalue weighted by Gasteiger charge is -2.37. The first-order chi connectivity index (χ1) is 31.5. The third kappa shape index (κ3) is 6.05. The minimum absolute atomic E-state index is 0.0378. The number of benzene rings is 9. The quantitative estimate of drug-likeness (QED) is 0.155. The molecule has 308 valence electrons. The fourth-order valence-electron chi connectivity index (χ4n) is 11.9. The van der Waals surface area contributed by atoms with Crippen LogP contribution in [-0.2, 0) is 10.8 Å². The summed E-state index contributed by atoms with van der Waals surface area (Å²) < 4.78 is 0. The predicted molar refractivity (Wildman–Crippen MR) is 270 cm³/mol. The van der Waals surface area contributed by atoms with Crippen molar-refractivity contribution in [2.24, 2.45) is 0 Å². The van der Waals surface area contributed by atoms with E-state index in [0.29, 0.717) is 0 Å². The number of anilines is 3. The van der Waals surface area contributed by atoms with Crippen LogP contribution in [0.5, 0.6) is 0 Å². The molecule has 0 atom stereocenters. The van der Waals surface area contributed by atoms with Crippen molar-refractivity contribution in [1.82, 2.24) is 0 Å². The van der Waals surface area contributed by atoms with Gasteiger partial charge in [-0.15, -0.1) is 0 Å². The largest absolute Gasteiger partial charge is 0.309 e. The van der Waals surface area contributed by atoms with Gasteiger partial charge in [-0.3, -0.25) is 0 Å². The van der Waals surface area contributed by atoms with Gasteiger partial charge in [0.05, 0.1) is 11.4 Å². The highest BCUT2D eigenvalue weighted by Crippen LogP contribution is 2.58. The summed E-state index contributed by atoms with van der Waals surface area (Å²) in [6.45, 7) is 4.81. The summed E-state index contributed by atoms with van der Waals surface area (Å²) in [6.07, 6.45) is 6.22. The van der Waals surface area contributed by atoms with Crippen LogP contribution in [0.1, 0.15) is 68.2 Å². The monoisotopic (exact) mass is 821 g/mol. The van der Waals surface area contributed by atoms with Crippen LogP contribution in [0, 0.1) is 0 Å². The van der Waals surface area contributed by atoms with Crippen molar-refractivity contribution in [3.05, 3.63) is 235 Å². The van der Waals surface area contributed by atoms with Gasteiger partial charge in [-0.05, 0) is 115 Å². The van der Waals surface area contributed by atoms with E-state index in [-0.39, 0.29) is 10.8 Å². The summed E-state index contributed by atoms with van der Waals surface area (Å²) in [4.78, 5) is 2.58. The van der Waals surface area contributed by atoms with Gasteiger partial charge in [-0.2, -0.15) is 0 Å². The van der Waals surface area contributed by atoms with Gasteiger partial charge >= 0.3 is 0 Å². The number of hydrogen-bond acceptors (Lipinski definition) is 1. The van der Waals surface area contributed by atoms with Gasteiger partial charge in [0.2, 0.25) is 0 Å². The highest BCUT2D eigenvalue weighted by Gasteiger charge is 2.44. The van der Waals surface area contributed by atoms with Crippen LogP contribution in [0.25, 0.3) is 66.8 Å². The molecule has 64 heavy (non-hydrogen) atoms. The van der Waals surface area contributed by atoms with Crippen molar-refractivity contribution < 1.29 is 0 Å². The van der Waals surface area contributed by atoms with Crippen LogP contribution in [0.4, 0.5) is 17.1 Å². The number of para-hydroxylation sites is 2. The van der Waals surface area contributed by atoms with Crippen molar-refractivity contribution in [3.63, 3.8) is 0 Å². The summed E-state index contributed by atoms with van der Waals surface area (Å²) in [7, 11) is 0. The minimum atomic E-state index is -0.158. The van der Waals surface area contributed by atoms with Gasteiger partial charge < -0.3 is 4.90 Å². The summed E-state index contributed by atoms with van der Waals surface area (Å²) >= 11 is 0. The van der Waals surface area contributed by atoms with Crippen LogP contribution >= 0.6 is 0 Å². The summed E-state index contributed by atoms with van der Waals surface area (Å²) in [5, 5.41) is 0. The summed E-state index contributed by atoms with van der Waals surface area (Å²) in [6, 6.07) is 79.5. The van der Waals surface area contributed by atoms with E-state index in [9.17, 15) is 0 Å². The zero-order valence-corrected chi connectivity index (χ0v) is 36.7. The molecule has 1 nitrogen and oxygen atoms in total. The lowest BCUT2D eigenvalue weighted by Crippen LogP contribution is -2.28. The van der Waals surface area contributed by atoms with Gasteiger partial charge in [0.15, 0.2) is 0 Å². The molecule has 3 aliphatic carbocycles. The van der Waals surface area contributed by atoms with E-state index in [1.807, 2.05) is 0 Å². The third-order valence-corrected chi connectivity index (χ3v) is 14.9. The zero-order valence-electron chi connectivity index (χ0n) is 36.7. The van der Waals surface area contributed by atoms with E-state index in [1.165, 1.54) is 132 Å². The van der Waals surface area contributed by atoms with Crippen molar-refractivity contribution in [2.45, 2.75) is 56.8 Å². The Morgan fingerprint density at radius 3 is 1.44 bits per heavy atom. The van der Waals surface area contributed by atoms with Gasteiger partial charge in [-0.25, -0.2) is 0 Å². The molecule has 12 rings (SSSR count). The maximum atomic E-state index is 2.58. The first-order valence-corrected chi connectivity index (χ1v) is 23.2. The van der Waals surface area contributed by atoms with Crippen molar-refractivity contribution in [1.29, 1.82) is 0 Å². The van der Waals surface area contributed by atoms with Crippen LogP contribution in [0.2, 0.25) is 0 Å². The van der Waals surface area contributed by atoms with E-state index >= 15 is 0 Å². The second-order valence-corrected chi connectivity index (χ2v) is 18.7. The van der Waals surface area contributed by atoms with Gasteiger partial charge in [-0.1, -0.05) is 221 Å². The zero-order chi connectivity index (χ0) is 42.8. The molecule has 9 aromatic carbocycles. The maximum absolute atomic E-state index is 2.58. The molecule has 9 aromatic rings. The lowest BCUT2D eigenvalue weighted by atomic mass is 9.68. The number of nitrogens with zero attached hydrogens (tertiary/aromatic N) is 1. The maximum Gasteiger partial charge on any atom is 0.0540 e. The molecule has 1 heteroatoms. The molecule has 0 N–H and O–H groups in total. The first-order valence-electron chi connectivity index (χ1n) is 23.2. The summed E-state index contributed by atoms with van der Waals surface area (Å²) in [5.74, 6) is 0. The van der Waals surface area contributed by atoms with Crippen molar-refractivity contribution >= 4 is 17.1 Å². The molecular weight excluding hydrogens is 771 g/mol. The Labute approximate surface area is 378 Å². The molecule has 0 radical (unpaired) electrons. The highest BCUT2D eigenvalue weighted by atomic mass is 15.1. The molecule has 0 aromatic heterocycles. The number of rotatable bonds is 7. The van der Waals surface area contributed by atoms with Crippen LogP contribution in [0.3, 0.4) is 0 Å². The molecule has 1 fully saturated rings. The second kappa shape index (κ2) is 15.2. The normalized spacial score (nSPS) is 15.0. The molecule has 0 heterocycles. The Bertz CT molecular complexity index is 3200. The van der Waals surface area contributed by atoms with Gasteiger partial charge in [0.1, 0.15) is 0 Å². The van der Waals surface area contributed by atoms with E-state index in [0.717, 1.165) is 5.69 Å². The topological polar surface area (TPSA) is 3.24 Å². The van der Waals surface area contributed by atoms with Gasteiger partial charge in [0.25, 0.3) is 0 Å². The predicted octanol–water partition coefficient (Wildman–Crippen LogP) is 17.4. The molecular formula is C63H51N. The molecule has 3 aliphatic rings. The summed E-state index contributed by atoms with van der Waals surface area (Å²) in [5.41, 5.74) is 24.5. The fourth-order valence-corrected chi connectivity index (χ4v) is 11.9. The molecule has 0 unspecified atom stereocenters. The lowest BCUT2D eigenvalue weighted by molar-refractivity contribution is 0.353. The Balaban J connectivity index is 1.03. The average molecular weight is 822 g/mol. The number of hydrogen-bond donors (Lipinski definition) is 0. The Morgan fingerprint density at radius 2 is 0.781 bits per heavy atom. The van der Waals surface area contributed by atoms with E-state index in [4.69, 9.17) is 0 Å². The Hall–Kier alpha value is -7.22. The smallest absolute Gasteiger partial charge is 0.0540 e. The number of fused-ring (bicyclic) bond motifs is 8. The second-order valence-electron chi connectivity index (χ2n) is 18.7. The minimum Gasteiger partial charge on any atom is -0.309 e. The molecule has 0 bridgehead atoms. The van der Waals surface area contributed by atoms with Gasteiger partial charge in [0, 0.05) is 27.6 Å². The Kier molecular flexibility index (Phi) is 9.16. The average Bonchev–Trinajstić information content (AvgIpc) is 3.76. The Morgan fingerprint density at radius 1 is 0.328 bits per heavy atom. The van der Waals surface area contributed by atoms with Crippen LogP contribution < -0.4 is 4.90 Å². The molecule has 0 aliphatic heterocycles. The fraction of sp³-hybridized carbons (Fsp3) is 0.143. The van der Waals surface area contributed by atoms with Crippen molar-refractivity contribution in [3.8, 4) is 66.8 Å².